The van der Waals surface area contributed by atoms with E-state index in [2.05, 4.69) is 34.4 Å². The van der Waals surface area contributed by atoms with Crippen LogP contribution in [0.15, 0.2) is 10.9 Å². The summed E-state index contributed by atoms with van der Waals surface area (Å²) in [4.78, 5) is 18.4. The molecule has 0 radical (unpaired) electrons. The maximum Gasteiger partial charge on any atom is 0.315 e. The lowest BCUT2D eigenvalue weighted by molar-refractivity contribution is 0.139. The van der Waals surface area contributed by atoms with E-state index in [1.54, 1.807) is 16.8 Å². The summed E-state index contributed by atoms with van der Waals surface area (Å²) < 4.78 is 0. The van der Waals surface area contributed by atoms with Crippen molar-refractivity contribution in [3.63, 3.8) is 0 Å². The number of aromatic nitrogens is 1. The van der Waals surface area contributed by atoms with Crippen molar-refractivity contribution >= 4 is 17.4 Å². The van der Waals surface area contributed by atoms with Gasteiger partial charge in [-0.05, 0) is 39.2 Å². The summed E-state index contributed by atoms with van der Waals surface area (Å²) in [7, 11) is 0. The Kier molecular flexibility index (Phi) is 5.79. The third-order valence-electron chi connectivity index (χ3n) is 3.75. The lowest BCUT2D eigenvalue weighted by atomic mass is 9.97. The molecule has 2 amide bonds. The molecule has 112 valence electrons. The number of urea groups is 1. The van der Waals surface area contributed by atoms with Crippen molar-refractivity contribution in [1.82, 2.24) is 20.5 Å². The maximum absolute atomic E-state index is 11.7. The molecule has 2 rings (SSSR count). The van der Waals surface area contributed by atoms with Gasteiger partial charge in [0.05, 0.1) is 17.7 Å². The van der Waals surface area contributed by atoms with Gasteiger partial charge in [-0.25, -0.2) is 9.78 Å². The highest BCUT2D eigenvalue weighted by atomic mass is 32.1. The Balaban J connectivity index is 1.65. The highest BCUT2D eigenvalue weighted by Gasteiger charge is 2.21. The Morgan fingerprint density at radius 1 is 1.55 bits per heavy atom. The van der Waals surface area contributed by atoms with Gasteiger partial charge < -0.3 is 15.5 Å². The van der Waals surface area contributed by atoms with Crippen molar-refractivity contribution < 1.29 is 4.79 Å². The number of hydrogen-bond donors (Lipinski definition) is 2. The van der Waals surface area contributed by atoms with Crippen molar-refractivity contribution in [3.8, 4) is 0 Å². The molecule has 1 aromatic heterocycles. The Morgan fingerprint density at radius 2 is 2.40 bits per heavy atom. The molecular formula is C14H24N4OS. The van der Waals surface area contributed by atoms with Gasteiger partial charge in [0.25, 0.3) is 0 Å². The van der Waals surface area contributed by atoms with Crippen LogP contribution in [0.25, 0.3) is 0 Å². The molecule has 2 heterocycles. The van der Waals surface area contributed by atoms with Gasteiger partial charge in [0.1, 0.15) is 0 Å². The first kappa shape index (κ1) is 15.3. The molecule has 1 fully saturated rings. The molecule has 1 unspecified atom stereocenters. The van der Waals surface area contributed by atoms with Crippen molar-refractivity contribution in [2.45, 2.75) is 39.3 Å². The second-order valence-corrected chi connectivity index (χ2v) is 6.36. The summed E-state index contributed by atoms with van der Waals surface area (Å²) in [5.74, 6) is 0.566. The number of likely N-dealkylation sites (tertiary alicyclic amines) is 1. The summed E-state index contributed by atoms with van der Waals surface area (Å²) >= 11 is 1.54. The van der Waals surface area contributed by atoms with Gasteiger partial charge in [-0.1, -0.05) is 0 Å². The monoisotopic (exact) mass is 296 g/mol. The molecule has 1 aromatic rings. The zero-order valence-corrected chi connectivity index (χ0v) is 13.1. The summed E-state index contributed by atoms with van der Waals surface area (Å²) in [6, 6.07) is 0.496. The maximum atomic E-state index is 11.7. The SMILES string of the molecule is CC(C)N1CCCC(CNC(=O)NCc2cscn2)C1. The van der Waals surface area contributed by atoms with Crippen LogP contribution < -0.4 is 10.6 Å². The fraction of sp³-hybridized carbons (Fsp3) is 0.714. The van der Waals surface area contributed by atoms with Gasteiger partial charge in [0.15, 0.2) is 0 Å². The summed E-state index contributed by atoms with van der Waals surface area (Å²) in [6.07, 6.45) is 2.43. The van der Waals surface area contributed by atoms with E-state index in [4.69, 9.17) is 0 Å². The van der Waals surface area contributed by atoms with Gasteiger partial charge >= 0.3 is 6.03 Å². The topological polar surface area (TPSA) is 57.3 Å². The average Bonchev–Trinajstić information content (AvgIpc) is 2.96. The summed E-state index contributed by atoms with van der Waals surface area (Å²) in [5.41, 5.74) is 2.69. The van der Waals surface area contributed by atoms with E-state index in [0.717, 1.165) is 18.8 Å². The molecule has 0 saturated carbocycles. The molecule has 0 aliphatic carbocycles. The fourth-order valence-corrected chi connectivity index (χ4v) is 3.09. The first-order chi connectivity index (χ1) is 9.65. The third kappa shape index (κ3) is 4.76. The van der Waals surface area contributed by atoms with Gasteiger partial charge in [-0.15, -0.1) is 11.3 Å². The summed E-state index contributed by atoms with van der Waals surface area (Å²) in [5, 5.41) is 7.76. The van der Waals surface area contributed by atoms with E-state index in [9.17, 15) is 4.79 Å². The normalized spacial score (nSPS) is 20.1. The highest BCUT2D eigenvalue weighted by Crippen LogP contribution is 2.17. The minimum absolute atomic E-state index is 0.0975. The van der Waals surface area contributed by atoms with Gasteiger partial charge in [-0.3, -0.25) is 0 Å². The zero-order valence-electron chi connectivity index (χ0n) is 12.3. The standard InChI is InChI=1S/C14H24N4OS/c1-11(2)18-5-3-4-12(8-18)6-15-14(19)16-7-13-9-20-10-17-13/h9-12H,3-8H2,1-2H3,(H2,15,16,19). The number of thiazole rings is 1. The molecule has 5 nitrogen and oxygen atoms in total. The predicted octanol–water partition coefficient (Wildman–Crippen LogP) is 2.06. The number of nitrogens with zero attached hydrogens (tertiary/aromatic N) is 2. The van der Waals surface area contributed by atoms with Crippen LogP contribution in [0.5, 0.6) is 0 Å². The van der Waals surface area contributed by atoms with Crippen molar-refractivity contribution in [2.24, 2.45) is 5.92 Å². The number of hydrogen-bond acceptors (Lipinski definition) is 4. The van der Waals surface area contributed by atoms with Crippen LogP contribution in [0.3, 0.4) is 0 Å². The van der Waals surface area contributed by atoms with Crippen molar-refractivity contribution in [3.05, 3.63) is 16.6 Å². The van der Waals surface area contributed by atoms with E-state index in [-0.39, 0.29) is 6.03 Å². The molecular weight excluding hydrogens is 272 g/mol. The van der Waals surface area contributed by atoms with E-state index >= 15 is 0 Å². The molecule has 2 N–H and O–H groups in total. The van der Waals surface area contributed by atoms with Crippen LogP contribution in [0.4, 0.5) is 4.79 Å². The Hall–Kier alpha value is -1.14. The number of carbonyl (C=O) groups is 1. The van der Waals surface area contributed by atoms with Crippen LogP contribution in [0.2, 0.25) is 0 Å². The van der Waals surface area contributed by atoms with Crippen LogP contribution in [0.1, 0.15) is 32.4 Å². The molecule has 1 atom stereocenters. The van der Waals surface area contributed by atoms with Gasteiger partial charge in [0, 0.05) is 24.5 Å². The Bertz CT molecular complexity index is 407. The van der Waals surface area contributed by atoms with Crippen LogP contribution in [-0.4, -0.2) is 41.6 Å². The molecule has 20 heavy (non-hydrogen) atoms. The van der Waals surface area contributed by atoms with Crippen molar-refractivity contribution in [2.75, 3.05) is 19.6 Å². The molecule has 1 saturated heterocycles. The van der Waals surface area contributed by atoms with Crippen LogP contribution in [0, 0.1) is 5.92 Å². The number of carbonyl (C=O) groups excluding carboxylic acids is 1. The first-order valence-corrected chi connectivity index (χ1v) is 8.22. The van der Waals surface area contributed by atoms with Crippen LogP contribution >= 0.6 is 11.3 Å². The van der Waals surface area contributed by atoms with E-state index in [0.29, 0.717) is 18.5 Å². The minimum Gasteiger partial charge on any atom is -0.338 e. The Morgan fingerprint density at radius 3 is 3.10 bits per heavy atom. The number of rotatable bonds is 5. The van der Waals surface area contributed by atoms with E-state index in [1.807, 2.05) is 5.38 Å². The van der Waals surface area contributed by atoms with Gasteiger partial charge in [-0.2, -0.15) is 0 Å². The van der Waals surface area contributed by atoms with Gasteiger partial charge in [0.2, 0.25) is 0 Å². The number of nitrogens with one attached hydrogen (secondary N) is 2. The first-order valence-electron chi connectivity index (χ1n) is 7.28. The molecule has 0 spiro atoms. The third-order valence-corrected chi connectivity index (χ3v) is 4.38. The second-order valence-electron chi connectivity index (χ2n) is 5.64. The largest absolute Gasteiger partial charge is 0.338 e. The fourth-order valence-electron chi connectivity index (χ4n) is 2.53. The zero-order chi connectivity index (χ0) is 14.4. The van der Waals surface area contributed by atoms with Crippen molar-refractivity contribution in [1.29, 1.82) is 0 Å². The van der Waals surface area contributed by atoms with E-state index < -0.39 is 0 Å². The van der Waals surface area contributed by atoms with E-state index in [1.165, 1.54) is 19.4 Å². The summed E-state index contributed by atoms with van der Waals surface area (Å²) in [6.45, 7) is 7.99. The lowest BCUT2D eigenvalue weighted by Crippen LogP contribution is -2.45. The number of amides is 2. The highest BCUT2D eigenvalue weighted by molar-refractivity contribution is 7.07. The minimum atomic E-state index is -0.0975. The average molecular weight is 296 g/mol. The molecule has 1 aliphatic rings. The smallest absolute Gasteiger partial charge is 0.315 e. The van der Waals surface area contributed by atoms with Crippen LogP contribution in [-0.2, 0) is 6.54 Å². The molecule has 6 heteroatoms. The predicted molar refractivity (Wildman–Crippen MR) is 81.8 cm³/mol. The Labute approximate surface area is 124 Å². The molecule has 0 bridgehead atoms. The molecule has 1 aliphatic heterocycles. The molecule has 0 aromatic carbocycles. The number of piperidine rings is 1. The second kappa shape index (κ2) is 7.59. The quantitative estimate of drug-likeness (QED) is 0.874. The lowest BCUT2D eigenvalue weighted by Gasteiger charge is -2.35.